The largest absolute Gasteiger partial charge is 0.369 e. The van der Waals surface area contributed by atoms with E-state index in [4.69, 9.17) is 5.73 Å². The summed E-state index contributed by atoms with van der Waals surface area (Å²) in [5.74, 6) is 0.501. The first kappa shape index (κ1) is 11.9. The lowest BCUT2D eigenvalue weighted by molar-refractivity contribution is -0.122. The lowest BCUT2D eigenvalue weighted by Crippen LogP contribution is -2.41. The van der Waals surface area contributed by atoms with Crippen molar-refractivity contribution in [3.63, 3.8) is 0 Å². The molecule has 0 aliphatic carbocycles. The fourth-order valence-corrected chi connectivity index (χ4v) is 2.60. The van der Waals surface area contributed by atoms with Crippen molar-refractivity contribution in [2.45, 2.75) is 12.8 Å². The van der Waals surface area contributed by atoms with Gasteiger partial charge in [0, 0.05) is 20.1 Å². The molecule has 0 spiro atoms. The summed E-state index contributed by atoms with van der Waals surface area (Å²) in [5.41, 5.74) is 6.21. The third-order valence-electron chi connectivity index (χ3n) is 3.63. The number of nitrogens with zero attached hydrogens (tertiary/aromatic N) is 5. The smallest absolute Gasteiger partial charge is 0.222 e. The summed E-state index contributed by atoms with van der Waals surface area (Å²) in [5, 5.41) is 5.11. The number of aromatic nitrogens is 4. The zero-order chi connectivity index (χ0) is 13.4. The van der Waals surface area contributed by atoms with Crippen molar-refractivity contribution < 1.29 is 4.79 Å². The molecule has 1 aliphatic heterocycles. The van der Waals surface area contributed by atoms with E-state index in [9.17, 15) is 4.79 Å². The summed E-state index contributed by atoms with van der Waals surface area (Å²) in [6.45, 7) is 1.50. The first-order valence-corrected chi connectivity index (χ1v) is 6.34. The second-order valence-corrected chi connectivity index (χ2v) is 4.89. The molecule has 3 heterocycles. The van der Waals surface area contributed by atoms with E-state index in [1.54, 1.807) is 10.9 Å². The summed E-state index contributed by atoms with van der Waals surface area (Å²) < 4.78 is 1.72. The highest BCUT2D eigenvalue weighted by atomic mass is 16.1. The Bertz CT molecular complexity index is 622. The van der Waals surface area contributed by atoms with Gasteiger partial charge in [-0.25, -0.2) is 9.97 Å². The molecule has 2 aromatic heterocycles. The highest BCUT2D eigenvalue weighted by molar-refractivity contribution is 5.87. The zero-order valence-electron chi connectivity index (χ0n) is 10.8. The van der Waals surface area contributed by atoms with Gasteiger partial charge in [-0.3, -0.25) is 9.48 Å². The Balaban J connectivity index is 1.97. The summed E-state index contributed by atoms with van der Waals surface area (Å²) >= 11 is 0. The van der Waals surface area contributed by atoms with E-state index >= 15 is 0 Å². The molecule has 19 heavy (non-hydrogen) atoms. The molecule has 1 unspecified atom stereocenters. The van der Waals surface area contributed by atoms with Gasteiger partial charge in [-0.1, -0.05) is 0 Å². The number of amides is 1. The maximum atomic E-state index is 11.3. The maximum absolute atomic E-state index is 11.3. The third kappa shape index (κ3) is 2.00. The lowest BCUT2D eigenvalue weighted by atomic mass is 9.97. The van der Waals surface area contributed by atoms with Crippen LogP contribution in [0.1, 0.15) is 12.8 Å². The molecule has 7 heteroatoms. The van der Waals surface area contributed by atoms with Crippen LogP contribution in [0.2, 0.25) is 0 Å². The lowest BCUT2D eigenvalue weighted by Gasteiger charge is -2.32. The highest BCUT2D eigenvalue weighted by Gasteiger charge is 2.26. The number of hydrogen-bond acceptors (Lipinski definition) is 5. The number of rotatable bonds is 2. The van der Waals surface area contributed by atoms with Crippen molar-refractivity contribution in [3.8, 4) is 0 Å². The molecule has 2 N–H and O–H groups in total. The van der Waals surface area contributed by atoms with Crippen molar-refractivity contribution in [1.29, 1.82) is 0 Å². The normalized spacial score (nSPS) is 19.8. The van der Waals surface area contributed by atoms with Gasteiger partial charge in [0.05, 0.1) is 17.5 Å². The van der Waals surface area contributed by atoms with Gasteiger partial charge in [-0.2, -0.15) is 5.10 Å². The average Bonchev–Trinajstić information content (AvgIpc) is 2.81. The monoisotopic (exact) mass is 260 g/mol. The SMILES string of the molecule is Cn1ncc2c(N3CCCC(C(N)=O)C3)ncnc21. The van der Waals surface area contributed by atoms with Crippen LogP contribution in [0.5, 0.6) is 0 Å². The molecular weight excluding hydrogens is 244 g/mol. The van der Waals surface area contributed by atoms with Crippen LogP contribution in [0.15, 0.2) is 12.5 Å². The van der Waals surface area contributed by atoms with E-state index in [1.165, 1.54) is 6.33 Å². The minimum Gasteiger partial charge on any atom is -0.369 e. The van der Waals surface area contributed by atoms with E-state index in [2.05, 4.69) is 20.0 Å². The second-order valence-electron chi connectivity index (χ2n) is 4.89. The van der Waals surface area contributed by atoms with Crippen LogP contribution in [-0.4, -0.2) is 38.7 Å². The zero-order valence-corrected chi connectivity index (χ0v) is 10.8. The van der Waals surface area contributed by atoms with Crippen LogP contribution in [0.4, 0.5) is 5.82 Å². The maximum Gasteiger partial charge on any atom is 0.222 e. The van der Waals surface area contributed by atoms with E-state index in [-0.39, 0.29) is 11.8 Å². The van der Waals surface area contributed by atoms with Gasteiger partial charge in [0.2, 0.25) is 5.91 Å². The summed E-state index contributed by atoms with van der Waals surface area (Å²) in [7, 11) is 1.85. The molecule has 1 saturated heterocycles. The van der Waals surface area contributed by atoms with E-state index in [0.717, 1.165) is 36.2 Å². The Kier molecular flexibility index (Phi) is 2.81. The van der Waals surface area contributed by atoms with Gasteiger partial charge in [-0.05, 0) is 12.8 Å². The summed E-state index contributed by atoms with van der Waals surface area (Å²) in [6, 6.07) is 0. The molecule has 1 aliphatic rings. The minimum atomic E-state index is -0.235. The molecule has 1 amide bonds. The second kappa shape index (κ2) is 4.49. The van der Waals surface area contributed by atoms with Crippen LogP contribution in [0.25, 0.3) is 11.0 Å². The molecule has 1 fully saturated rings. The van der Waals surface area contributed by atoms with Crippen LogP contribution >= 0.6 is 0 Å². The number of hydrogen-bond donors (Lipinski definition) is 1. The van der Waals surface area contributed by atoms with Crippen molar-refractivity contribution in [3.05, 3.63) is 12.5 Å². The Morgan fingerprint density at radius 3 is 3.11 bits per heavy atom. The Labute approximate surface area is 110 Å². The van der Waals surface area contributed by atoms with Crippen molar-refractivity contribution in [1.82, 2.24) is 19.7 Å². The first-order valence-electron chi connectivity index (χ1n) is 6.34. The minimum absolute atomic E-state index is 0.101. The fourth-order valence-electron chi connectivity index (χ4n) is 2.60. The summed E-state index contributed by atoms with van der Waals surface area (Å²) in [6.07, 6.45) is 5.10. The van der Waals surface area contributed by atoms with Crippen LogP contribution in [0, 0.1) is 5.92 Å². The number of anilines is 1. The molecule has 0 bridgehead atoms. The van der Waals surface area contributed by atoms with Gasteiger partial charge in [0.1, 0.15) is 12.1 Å². The third-order valence-corrected chi connectivity index (χ3v) is 3.63. The number of nitrogens with two attached hydrogens (primary N) is 1. The topological polar surface area (TPSA) is 89.9 Å². The molecule has 1 atom stereocenters. The van der Waals surface area contributed by atoms with Crippen LogP contribution in [-0.2, 0) is 11.8 Å². The number of primary amides is 1. The summed E-state index contributed by atoms with van der Waals surface area (Å²) in [4.78, 5) is 22.0. The number of carbonyl (C=O) groups excluding carboxylic acids is 1. The van der Waals surface area contributed by atoms with E-state index < -0.39 is 0 Å². The van der Waals surface area contributed by atoms with Gasteiger partial charge < -0.3 is 10.6 Å². The Morgan fingerprint density at radius 2 is 2.32 bits per heavy atom. The van der Waals surface area contributed by atoms with E-state index in [1.807, 2.05) is 7.05 Å². The molecular formula is C12H16N6O. The van der Waals surface area contributed by atoms with Gasteiger partial charge in [-0.15, -0.1) is 0 Å². The highest BCUT2D eigenvalue weighted by Crippen LogP contribution is 2.26. The predicted molar refractivity (Wildman–Crippen MR) is 70.4 cm³/mol. The standard InChI is InChI=1S/C12H16N6O/c1-17-11-9(5-16-17)12(15-7-14-11)18-4-2-3-8(6-18)10(13)19/h5,7-8H,2-4,6H2,1H3,(H2,13,19). The van der Waals surface area contributed by atoms with E-state index in [0.29, 0.717) is 6.54 Å². The molecule has 0 saturated carbocycles. The molecule has 3 rings (SSSR count). The Morgan fingerprint density at radius 1 is 1.47 bits per heavy atom. The van der Waals surface area contributed by atoms with Crippen LogP contribution < -0.4 is 10.6 Å². The number of aryl methyl sites for hydroxylation is 1. The number of fused-ring (bicyclic) bond motifs is 1. The van der Waals surface area contributed by atoms with Crippen molar-refractivity contribution in [2.24, 2.45) is 18.7 Å². The quantitative estimate of drug-likeness (QED) is 0.825. The van der Waals surface area contributed by atoms with Gasteiger partial charge in [0.15, 0.2) is 5.65 Å². The molecule has 7 nitrogen and oxygen atoms in total. The Hall–Kier alpha value is -2.18. The van der Waals surface area contributed by atoms with Crippen molar-refractivity contribution in [2.75, 3.05) is 18.0 Å². The van der Waals surface area contributed by atoms with Gasteiger partial charge >= 0.3 is 0 Å². The number of piperidine rings is 1. The predicted octanol–water partition coefficient (Wildman–Crippen LogP) is 0.0650. The first-order chi connectivity index (χ1) is 9.16. The molecule has 0 aromatic carbocycles. The van der Waals surface area contributed by atoms with Crippen molar-refractivity contribution >= 4 is 22.8 Å². The van der Waals surface area contributed by atoms with Crippen LogP contribution in [0.3, 0.4) is 0 Å². The molecule has 100 valence electrons. The molecule has 2 aromatic rings. The molecule has 0 radical (unpaired) electrons. The van der Waals surface area contributed by atoms with Gasteiger partial charge in [0.25, 0.3) is 0 Å². The fraction of sp³-hybridized carbons (Fsp3) is 0.500. The number of carbonyl (C=O) groups is 1. The average molecular weight is 260 g/mol.